The Balaban J connectivity index is 2.45. The Bertz CT molecular complexity index is 660. The van der Waals surface area contributed by atoms with Crippen molar-refractivity contribution >= 4 is 11.6 Å². The highest BCUT2D eigenvalue weighted by molar-refractivity contribution is 6.30. The van der Waals surface area contributed by atoms with Crippen molar-refractivity contribution in [2.24, 2.45) is 7.05 Å². The van der Waals surface area contributed by atoms with E-state index < -0.39 is 11.1 Å². The minimum absolute atomic E-state index is 0.238. The fourth-order valence-electron chi connectivity index (χ4n) is 1.43. The van der Waals surface area contributed by atoms with Gasteiger partial charge in [-0.2, -0.15) is 0 Å². The summed E-state index contributed by atoms with van der Waals surface area (Å²) >= 11 is 5.89. The highest BCUT2D eigenvalue weighted by Gasteiger charge is 2.05. The summed E-state index contributed by atoms with van der Waals surface area (Å²) in [6.45, 7) is 0.238. The van der Waals surface area contributed by atoms with Gasteiger partial charge < -0.3 is 9.13 Å². The van der Waals surface area contributed by atoms with Gasteiger partial charge in [0.2, 0.25) is 0 Å². The molecule has 0 unspecified atom stereocenters. The van der Waals surface area contributed by atoms with Gasteiger partial charge in [0.05, 0.1) is 6.54 Å². The molecule has 17 heavy (non-hydrogen) atoms. The molecule has 2 rings (SSSR count). The first-order valence-electron chi connectivity index (χ1n) is 4.95. The van der Waals surface area contributed by atoms with Gasteiger partial charge in [-0.3, -0.25) is 9.59 Å². The molecule has 0 aliphatic carbocycles. The average molecular weight is 252 g/mol. The van der Waals surface area contributed by atoms with Gasteiger partial charge in [0, 0.05) is 31.2 Å². The first-order chi connectivity index (χ1) is 8.09. The van der Waals surface area contributed by atoms with Crippen LogP contribution in [0.15, 0.2) is 40.3 Å². The summed E-state index contributed by atoms with van der Waals surface area (Å²) in [5.74, 6) is 0. The number of aryl methyl sites for hydroxylation is 1. The van der Waals surface area contributed by atoms with Gasteiger partial charge in [-0.15, -0.1) is 0 Å². The third-order valence-corrected chi connectivity index (χ3v) is 2.75. The van der Waals surface area contributed by atoms with Crippen molar-refractivity contribution in [2.45, 2.75) is 6.54 Å². The first kappa shape index (κ1) is 11.6. The quantitative estimate of drug-likeness (QED) is 0.582. The fraction of sp³-hybridized carbons (Fsp3) is 0.182. The maximum absolute atomic E-state index is 11.7. The standard InChI is InChI=1S/C11H10ClN3O2/c1-14-5-6-15(11(17)10(14)16)7-8-3-2-4-13-9(8)12/h2-6H,7H2,1H3. The number of nitrogens with zero attached hydrogens (tertiary/aromatic N) is 3. The predicted octanol–water partition coefficient (Wildman–Crippen LogP) is 0.644. The number of aromatic nitrogens is 3. The Labute approximate surface area is 102 Å². The molecule has 0 spiro atoms. The van der Waals surface area contributed by atoms with E-state index in [0.717, 1.165) is 0 Å². The maximum atomic E-state index is 11.7. The van der Waals surface area contributed by atoms with Crippen molar-refractivity contribution < 1.29 is 0 Å². The molecule has 88 valence electrons. The van der Waals surface area contributed by atoms with Crippen molar-refractivity contribution in [1.29, 1.82) is 0 Å². The molecule has 0 radical (unpaired) electrons. The smallest absolute Gasteiger partial charge is 0.312 e. The van der Waals surface area contributed by atoms with Crippen LogP contribution in [0.25, 0.3) is 0 Å². The molecular weight excluding hydrogens is 242 g/mol. The van der Waals surface area contributed by atoms with Gasteiger partial charge in [0.1, 0.15) is 5.15 Å². The first-order valence-corrected chi connectivity index (χ1v) is 5.33. The number of hydrogen-bond donors (Lipinski definition) is 0. The summed E-state index contributed by atoms with van der Waals surface area (Å²) in [5.41, 5.74) is -0.438. The van der Waals surface area contributed by atoms with Gasteiger partial charge in [-0.1, -0.05) is 17.7 Å². The average Bonchev–Trinajstić information content (AvgIpc) is 2.32. The van der Waals surface area contributed by atoms with Crippen LogP contribution in [0, 0.1) is 0 Å². The second-order valence-corrected chi connectivity index (χ2v) is 3.96. The summed E-state index contributed by atoms with van der Waals surface area (Å²) in [4.78, 5) is 27.0. The van der Waals surface area contributed by atoms with Gasteiger partial charge >= 0.3 is 11.1 Å². The molecule has 0 N–H and O–H groups in total. The van der Waals surface area contributed by atoms with Gasteiger partial charge in [0.15, 0.2) is 0 Å². The van der Waals surface area contributed by atoms with Crippen molar-refractivity contribution in [2.75, 3.05) is 0 Å². The summed E-state index contributed by atoms with van der Waals surface area (Å²) in [7, 11) is 1.53. The highest BCUT2D eigenvalue weighted by Crippen LogP contribution is 2.11. The summed E-state index contributed by atoms with van der Waals surface area (Å²) in [6, 6.07) is 3.49. The lowest BCUT2D eigenvalue weighted by Crippen LogP contribution is -2.39. The van der Waals surface area contributed by atoms with Crippen LogP contribution in [0.3, 0.4) is 0 Å². The third kappa shape index (κ3) is 2.29. The topological polar surface area (TPSA) is 56.9 Å². The zero-order chi connectivity index (χ0) is 12.4. The molecule has 0 bridgehead atoms. The Morgan fingerprint density at radius 2 is 2.06 bits per heavy atom. The summed E-state index contributed by atoms with van der Waals surface area (Å²) < 4.78 is 2.55. The molecule has 0 saturated heterocycles. The largest absolute Gasteiger partial charge is 0.316 e. The molecule has 0 amide bonds. The molecule has 2 aromatic heterocycles. The van der Waals surface area contributed by atoms with E-state index >= 15 is 0 Å². The molecule has 0 saturated carbocycles. The molecule has 0 atom stereocenters. The molecule has 0 aromatic carbocycles. The molecular formula is C11H10ClN3O2. The normalized spacial score (nSPS) is 10.5. The molecule has 6 heteroatoms. The number of rotatable bonds is 2. The van der Waals surface area contributed by atoms with Gasteiger partial charge in [-0.25, -0.2) is 4.98 Å². The van der Waals surface area contributed by atoms with Crippen LogP contribution < -0.4 is 11.1 Å². The van der Waals surface area contributed by atoms with E-state index in [2.05, 4.69) is 4.98 Å². The van der Waals surface area contributed by atoms with E-state index in [1.54, 1.807) is 24.5 Å². The number of hydrogen-bond acceptors (Lipinski definition) is 3. The Morgan fingerprint density at radius 3 is 2.76 bits per heavy atom. The second kappa shape index (κ2) is 4.55. The predicted molar refractivity (Wildman–Crippen MR) is 64.3 cm³/mol. The summed E-state index contributed by atoms with van der Waals surface area (Å²) in [6.07, 6.45) is 4.65. The maximum Gasteiger partial charge on any atom is 0.316 e. The van der Waals surface area contributed by atoms with Crippen molar-refractivity contribution in [3.05, 3.63) is 62.1 Å². The van der Waals surface area contributed by atoms with Crippen molar-refractivity contribution in [3.8, 4) is 0 Å². The molecule has 0 aliphatic rings. The molecule has 5 nitrogen and oxygen atoms in total. The second-order valence-electron chi connectivity index (χ2n) is 3.60. The monoisotopic (exact) mass is 251 g/mol. The fourth-order valence-corrected chi connectivity index (χ4v) is 1.61. The van der Waals surface area contributed by atoms with E-state index in [9.17, 15) is 9.59 Å². The lowest BCUT2D eigenvalue weighted by atomic mass is 10.3. The van der Waals surface area contributed by atoms with Crippen LogP contribution in [0.2, 0.25) is 5.15 Å². The van der Waals surface area contributed by atoms with E-state index in [0.29, 0.717) is 10.7 Å². The minimum Gasteiger partial charge on any atom is -0.312 e. The van der Waals surface area contributed by atoms with Crippen LogP contribution in [0.1, 0.15) is 5.56 Å². The van der Waals surface area contributed by atoms with Crippen LogP contribution >= 0.6 is 11.6 Å². The molecule has 0 fully saturated rings. The van der Waals surface area contributed by atoms with E-state index in [-0.39, 0.29) is 6.54 Å². The number of pyridine rings is 1. The minimum atomic E-state index is -0.574. The van der Waals surface area contributed by atoms with Crippen molar-refractivity contribution in [3.63, 3.8) is 0 Å². The van der Waals surface area contributed by atoms with Crippen LogP contribution in [-0.4, -0.2) is 14.1 Å². The highest BCUT2D eigenvalue weighted by atomic mass is 35.5. The lowest BCUT2D eigenvalue weighted by molar-refractivity contribution is 0.694. The zero-order valence-corrected chi connectivity index (χ0v) is 9.89. The van der Waals surface area contributed by atoms with Crippen LogP contribution in [0.5, 0.6) is 0 Å². The number of halogens is 1. The molecule has 2 aromatic rings. The van der Waals surface area contributed by atoms with E-state index in [4.69, 9.17) is 11.6 Å². The van der Waals surface area contributed by atoms with E-state index in [1.807, 2.05) is 0 Å². The zero-order valence-electron chi connectivity index (χ0n) is 9.13. The molecule has 2 heterocycles. The van der Waals surface area contributed by atoms with Crippen LogP contribution in [0.4, 0.5) is 0 Å². The Morgan fingerprint density at radius 1 is 1.29 bits per heavy atom. The van der Waals surface area contributed by atoms with Crippen molar-refractivity contribution in [1.82, 2.24) is 14.1 Å². The Kier molecular flexibility index (Phi) is 3.10. The summed E-state index contributed by atoms with van der Waals surface area (Å²) in [5, 5.41) is 0.333. The van der Waals surface area contributed by atoms with Gasteiger partial charge in [0.25, 0.3) is 0 Å². The molecule has 0 aliphatic heterocycles. The lowest BCUT2D eigenvalue weighted by Gasteiger charge is -2.06. The third-order valence-electron chi connectivity index (χ3n) is 2.41. The van der Waals surface area contributed by atoms with Crippen LogP contribution in [-0.2, 0) is 13.6 Å². The SMILES string of the molecule is Cn1ccn(Cc2cccnc2Cl)c(=O)c1=O. The van der Waals surface area contributed by atoms with Gasteiger partial charge in [-0.05, 0) is 6.07 Å². The Hall–Kier alpha value is -1.88. The van der Waals surface area contributed by atoms with E-state index in [1.165, 1.54) is 22.4 Å².